The van der Waals surface area contributed by atoms with Crippen LogP contribution in [0.2, 0.25) is 0 Å². The van der Waals surface area contributed by atoms with Crippen LogP contribution in [0.4, 0.5) is 14.5 Å². The molecule has 116 valence electrons. The first kappa shape index (κ1) is 16.4. The first-order valence-corrected chi connectivity index (χ1v) is 7.38. The summed E-state index contributed by atoms with van der Waals surface area (Å²) in [6.45, 7) is 5.88. The zero-order valence-electron chi connectivity index (χ0n) is 12.7. The Morgan fingerprint density at radius 2 is 1.82 bits per heavy atom. The summed E-state index contributed by atoms with van der Waals surface area (Å²) in [6.07, 6.45) is 0. The van der Waals surface area contributed by atoms with E-state index in [4.69, 9.17) is 12.2 Å². The first-order chi connectivity index (χ1) is 10.4. The third kappa shape index (κ3) is 3.80. The van der Waals surface area contributed by atoms with Crippen LogP contribution in [0.5, 0.6) is 0 Å². The molecule has 0 spiro atoms. The van der Waals surface area contributed by atoms with Gasteiger partial charge < -0.3 is 10.6 Å². The molecule has 0 aliphatic carbocycles. The number of nitrogens with one attached hydrogen (secondary N) is 2. The van der Waals surface area contributed by atoms with Gasteiger partial charge in [-0.2, -0.15) is 0 Å². The largest absolute Gasteiger partial charge is 0.356 e. The van der Waals surface area contributed by atoms with Gasteiger partial charge in [-0.15, -0.1) is 0 Å². The number of thiocarbonyl (C=S) groups is 1. The second kappa shape index (κ2) is 6.83. The zero-order chi connectivity index (χ0) is 16.3. The molecule has 0 bridgehead atoms. The molecule has 0 aliphatic rings. The third-order valence-corrected chi connectivity index (χ3v) is 3.86. The molecule has 0 amide bonds. The summed E-state index contributed by atoms with van der Waals surface area (Å²) in [5, 5.41) is 6.64. The molecule has 0 radical (unpaired) electrons. The van der Waals surface area contributed by atoms with Crippen molar-refractivity contribution in [1.82, 2.24) is 5.32 Å². The van der Waals surface area contributed by atoms with E-state index in [0.29, 0.717) is 10.7 Å². The van der Waals surface area contributed by atoms with Crippen LogP contribution in [0.25, 0.3) is 0 Å². The van der Waals surface area contributed by atoms with Gasteiger partial charge in [0.05, 0.1) is 6.04 Å². The highest BCUT2D eigenvalue weighted by atomic mass is 32.1. The molecule has 22 heavy (non-hydrogen) atoms. The van der Waals surface area contributed by atoms with E-state index in [1.54, 1.807) is 0 Å². The highest BCUT2D eigenvalue weighted by molar-refractivity contribution is 7.80. The molecule has 2 aromatic rings. The fourth-order valence-corrected chi connectivity index (χ4v) is 2.39. The molecule has 0 saturated heterocycles. The molecule has 0 heterocycles. The van der Waals surface area contributed by atoms with Crippen LogP contribution in [0.1, 0.15) is 29.7 Å². The Labute approximate surface area is 134 Å². The smallest absolute Gasteiger partial charge is 0.171 e. The number of anilines is 1. The number of aryl methyl sites for hydroxylation is 1. The van der Waals surface area contributed by atoms with Crippen LogP contribution in [-0.2, 0) is 0 Å². The van der Waals surface area contributed by atoms with Gasteiger partial charge in [0.1, 0.15) is 0 Å². The number of hydrogen-bond donors (Lipinski definition) is 2. The topological polar surface area (TPSA) is 24.1 Å². The van der Waals surface area contributed by atoms with Crippen LogP contribution in [0, 0.1) is 25.5 Å². The second-order valence-electron chi connectivity index (χ2n) is 5.24. The Bertz CT molecular complexity index is 701. The summed E-state index contributed by atoms with van der Waals surface area (Å²) in [5.74, 6) is -1.72. The minimum absolute atomic E-state index is 0.236. The molecule has 0 aromatic heterocycles. The van der Waals surface area contributed by atoms with Gasteiger partial charge in [-0.05, 0) is 67.9 Å². The predicted octanol–water partition coefficient (Wildman–Crippen LogP) is 4.63. The molecule has 0 saturated carbocycles. The summed E-state index contributed by atoms with van der Waals surface area (Å²) < 4.78 is 26.2. The first-order valence-electron chi connectivity index (χ1n) is 6.97. The van der Waals surface area contributed by atoms with Crippen molar-refractivity contribution in [3.05, 3.63) is 64.7 Å². The lowest BCUT2D eigenvalue weighted by Crippen LogP contribution is -2.31. The minimum Gasteiger partial charge on any atom is -0.356 e. The Hall–Kier alpha value is -2.01. The quantitative estimate of drug-likeness (QED) is 0.806. The monoisotopic (exact) mass is 320 g/mol. The Morgan fingerprint density at radius 1 is 1.09 bits per heavy atom. The van der Waals surface area contributed by atoms with Gasteiger partial charge in [0, 0.05) is 5.69 Å². The second-order valence-corrected chi connectivity index (χ2v) is 5.65. The molecule has 2 aromatic carbocycles. The van der Waals surface area contributed by atoms with Gasteiger partial charge in [-0.1, -0.05) is 18.2 Å². The predicted molar refractivity (Wildman–Crippen MR) is 90.0 cm³/mol. The van der Waals surface area contributed by atoms with Crippen molar-refractivity contribution in [2.24, 2.45) is 0 Å². The molecule has 5 heteroatoms. The molecular weight excluding hydrogens is 302 g/mol. The maximum atomic E-state index is 13.3. The maximum absolute atomic E-state index is 13.3. The van der Waals surface area contributed by atoms with E-state index in [0.717, 1.165) is 17.3 Å². The minimum atomic E-state index is -0.862. The van der Waals surface area contributed by atoms with Gasteiger partial charge >= 0.3 is 0 Å². The van der Waals surface area contributed by atoms with Gasteiger partial charge in [-0.3, -0.25) is 0 Å². The van der Waals surface area contributed by atoms with Crippen molar-refractivity contribution in [3.8, 4) is 0 Å². The molecular formula is C17H18F2N2S. The van der Waals surface area contributed by atoms with E-state index in [9.17, 15) is 8.78 Å². The number of halogens is 2. The molecule has 2 nitrogen and oxygen atoms in total. The van der Waals surface area contributed by atoms with Crippen LogP contribution in [0.15, 0.2) is 36.4 Å². The average molecular weight is 320 g/mol. The van der Waals surface area contributed by atoms with Crippen LogP contribution in [0.3, 0.4) is 0 Å². The van der Waals surface area contributed by atoms with Gasteiger partial charge in [0.2, 0.25) is 0 Å². The highest BCUT2D eigenvalue weighted by Gasteiger charge is 2.11. The van der Waals surface area contributed by atoms with E-state index in [-0.39, 0.29) is 6.04 Å². The summed E-state index contributed by atoms with van der Waals surface area (Å²) in [7, 11) is 0. The Morgan fingerprint density at radius 3 is 2.50 bits per heavy atom. The van der Waals surface area contributed by atoms with E-state index in [1.165, 1.54) is 17.7 Å². The molecule has 2 N–H and O–H groups in total. The van der Waals surface area contributed by atoms with E-state index >= 15 is 0 Å². The molecule has 0 aliphatic heterocycles. The maximum Gasteiger partial charge on any atom is 0.171 e. The van der Waals surface area contributed by atoms with Crippen molar-refractivity contribution >= 4 is 23.0 Å². The average Bonchev–Trinajstić information content (AvgIpc) is 2.46. The van der Waals surface area contributed by atoms with Crippen molar-refractivity contribution in [3.63, 3.8) is 0 Å². The lowest BCUT2D eigenvalue weighted by molar-refractivity contribution is 0.505. The van der Waals surface area contributed by atoms with Crippen molar-refractivity contribution in [2.75, 3.05) is 5.32 Å². The fraction of sp³-hybridized carbons (Fsp3) is 0.235. The van der Waals surface area contributed by atoms with Crippen molar-refractivity contribution in [2.45, 2.75) is 26.8 Å². The molecule has 1 atom stereocenters. The Kier molecular flexibility index (Phi) is 5.08. The number of hydrogen-bond acceptors (Lipinski definition) is 1. The summed E-state index contributed by atoms with van der Waals surface area (Å²) in [5.41, 5.74) is 3.84. The van der Waals surface area contributed by atoms with Gasteiger partial charge in [-0.25, -0.2) is 8.78 Å². The van der Waals surface area contributed by atoms with E-state index in [1.807, 2.05) is 39.0 Å². The van der Waals surface area contributed by atoms with Crippen LogP contribution >= 0.6 is 12.2 Å². The lowest BCUT2D eigenvalue weighted by Gasteiger charge is -2.19. The highest BCUT2D eigenvalue weighted by Crippen LogP contribution is 2.19. The summed E-state index contributed by atoms with van der Waals surface area (Å²) in [6, 6.07) is 9.51. The third-order valence-electron chi connectivity index (χ3n) is 3.64. The summed E-state index contributed by atoms with van der Waals surface area (Å²) in [4.78, 5) is 0. The van der Waals surface area contributed by atoms with Crippen LogP contribution < -0.4 is 10.6 Å². The van der Waals surface area contributed by atoms with Crippen LogP contribution in [-0.4, -0.2) is 5.11 Å². The Balaban J connectivity index is 2.05. The summed E-state index contributed by atoms with van der Waals surface area (Å²) >= 11 is 5.28. The zero-order valence-corrected chi connectivity index (χ0v) is 13.5. The van der Waals surface area contributed by atoms with E-state index in [2.05, 4.69) is 10.6 Å². The fourth-order valence-electron chi connectivity index (χ4n) is 2.11. The van der Waals surface area contributed by atoms with Crippen molar-refractivity contribution in [1.29, 1.82) is 0 Å². The normalized spacial score (nSPS) is 11.9. The van der Waals surface area contributed by atoms with Gasteiger partial charge in [0.15, 0.2) is 16.7 Å². The van der Waals surface area contributed by atoms with Gasteiger partial charge in [0.25, 0.3) is 0 Å². The van der Waals surface area contributed by atoms with Crippen molar-refractivity contribution < 1.29 is 8.78 Å². The SMILES string of the molecule is Cc1cccc(NC(=S)N[C@H](C)c2ccc(F)c(F)c2)c1C. The molecule has 0 fully saturated rings. The lowest BCUT2D eigenvalue weighted by atomic mass is 10.1. The standard InChI is InChI=1S/C17H18F2N2S/c1-10-5-4-6-16(11(10)2)21-17(22)20-12(3)13-7-8-14(18)15(19)9-13/h4-9,12H,1-3H3,(H2,20,21,22)/t12-/m1/s1. The number of benzene rings is 2. The molecule has 0 unspecified atom stereocenters. The molecule has 2 rings (SSSR count). The van der Waals surface area contributed by atoms with E-state index < -0.39 is 11.6 Å². The number of rotatable bonds is 3.